The maximum atomic E-state index is 10.1. The molecule has 1 nitrogen and oxygen atoms in total. The molecule has 0 saturated heterocycles. The zero-order valence-corrected chi connectivity index (χ0v) is 6.56. The van der Waals surface area contributed by atoms with E-state index < -0.39 is 0 Å². The maximum absolute atomic E-state index is 10.1. The van der Waals surface area contributed by atoms with Crippen molar-refractivity contribution in [1.29, 1.82) is 0 Å². The highest BCUT2D eigenvalue weighted by Crippen LogP contribution is 2.00. The van der Waals surface area contributed by atoms with Crippen molar-refractivity contribution in [3.8, 4) is 0 Å². The summed E-state index contributed by atoms with van der Waals surface area (Å²) in [4.78, 5) is 10.1. The second-order valence-corrected chi connectivity index (χ2v) is 2.34. The molecule has 0 amide bonds. The van der Waals surface area contributed by atoms with Gasteiger partial charge in [0.1, 0.15) is 6.29 Å². The van der Waals surface area contributed by atoms with Gasteiger partial charge in [0.25, 0.3) is 0 Å². The summed E-state index contributed by atoms with van der Waals surface area (Å²) in [6, 6.07) is 0. The molecule has 0 aromatic rings. The molecule has 0 spiro atoms. The molecule has 0 fully saturated rings. The monoisotopic (exact) mass is 156 g/mol. The van der Waals surface area contributed by atoms with Crippen LogP contribution >= 0.6 is 11.6 Å². The lowest BCUT2D eigenvalue weighted by molar-refractivity contribution is -0.104. The first-order chi connectivity index (χ1) is 4.70. The van der Waals surface area contributed by atoms with Crippen molar-refractivity contribution in [1.82, 2.24) is 0 Å². The average molecular weight is 157 g/mol. The van der Waals surface area contributed by atoms with Crippen LogP contribution in [0.3, 0.4) is 0 Å². The third kappa shape index (κ3) is 4.10. The smallest absolute Gasteiger partial charge is 0.150 e. The second-order valence-electron chi connectivity index (χ2n) is 1.74. The highest BCUT2D eigenvalue weighted by atomic mass is 35.5. The van der Waals surface area contributed by atoms with E-state index in [2.05, 4.69) is 6.58 Å². The molecule has 0 saturated carbocycles. The van der Waals surface area contributed by atoms with E-state index >= 15 is 0 Å². The zero-order chi connectivity index (χ0) is 7.98. The molecule has 0 aromatic carbocycles. The molecule has 0 bridgehead atoms. The summed E-state index contributed by atoms with van der Waals surface area (Å²) >= 11 is 5.50. The normalized spacial score (nSPS) is 13.0. The predicted octanol–water partition coefficient (Wildman–Crippen LogP) is 2.44. The van der Waals surface area contributed by atoms with Gasteiger partial charge < -0.3 is 0 Å². The van der Waals surface area contributed by atoms with Gasteiger partial charge in [0, 0.05) is 10.6 Å². The lowest BCUT2D eigenvalue weighted by atomic mass is 10.2. The molecule has 0 aliphatic rings. The van der Waals surface area contributed by atoms with Crippen molar-refractivity contribution in [2.75, 3.05) is 0 Å². The van der Waals surface area contributed by atoms with E-state index in [0.29, 0.717) is 10.6 Å². The Morgan fingerprint density at radius 2 is 2.10 bits per heavy atom. The molecule has 0 aliphatic heterocycles. The topological polar surface area (TPSA) is 17.1 Å². The van der Waals surface area contributed by atoms with Crippen molar-refractivity contribution in [2.45, 2.75) is 6.92 Å². The highest BCUT2D eigenvalue weighted by Gasteiger charge is 1.82. The van der Waals surface area contributed by atoms with Crippen LogP contribution in [0, 0.1) is 0 Å². The van der Waals surface area contributed by atoms with Crippen LogP contribution in [0.4, 0.5) is 0 Å². The summed E-state index contributed by atoms with van der Waals surface area (Å²) in [6.45, 7) is 5.18. The molecular weight excluding hydrogens is 148 g/mol. The number of allylic oxidation sites excluding steroid dienone is 5. The number of hydrogen-bond donors (Lipinski definition) is 0. The molecular formula is C8H9ClO. The molecule has 0 radical (unpaired) electrons. The minimum atomic E-state index is 0.528. The summed E-state index contributed by atoms with van der Waals surface area (Å²) in [7, 11) is 0. The number of hydrogen-bond acceptors (Lipinski definition) is 1. The van der Waals surface area contributed by atoms with E-state index in [1.807, 2.05) is 0 Å². The second kappa shape index (κ2) is 5.00. The Hall–Kier alpha value is -0.820. The quantitative estimate of drug-likeness (QED) is 0.349. The van der Waals surface area contributed by atoms with Gasteiger partial charge in [0.05, 0.1) is 0 Å². The van der Waals surface area contributed by atoms with E-state index in [0.717, 1.165) is 6.29 Å². The Kier molecular flexibility index (Phi) is 4.59. The summed E-state index contributed by atoms with van der Waals surface area (Å²) in [5, 5.41) is 0.640. The fraction of sp³-hybridized carbons (Fsp3) is 0.125. The lowest BCUT2D eigenvalue weighted by Crippen LogP contribution is -1.75. The van der Waals surface area contributed by atoms with E-state index in [4.69, 9.17) is 11.6 Å². The van der Waals surface area contributed by atoms with Gasteiger partial charge >= 0.3 is 0 Å². The zero-order valence-electron chi connectivity index (χ0n) is 5.80. The highest BCUT2D eigenvalue weighted by molar-refractivity contribution is 6.29. The Labute approximate surface area is 65.7 Å². The summed E-state index contributed by atoms with van der Waals surface area (Å²) in [5.74, 6) is 0. The Bertz CT molecular complexity index is 175. The Morgan fingerprint density at radius 3 is 2.40 bits per heavy atom. The molecule has 54 valence electrons. The van der Waals surface area contributed by atoms with Gasteiger partial charge in [-0.2, -0.15) is 0 Å². The van der Waals surface area contributed by atoms with Crippen LogP contribution in [0.1, 0.15) is 6.92 Å². The van der Waals surface area contributed by atoms with Crippen molar-refractivity contribution < 1.29 is 4.79 Å². The van der Waals surface area contributed by atoms with Crippen molar-refractivity contribution in [3.63, 3.8) is 0 Å². The third-order valence-corrected chi connectivity index (χ3v) is 1.00. The van der Waals surface area contributed by atoms with E-state index in [-0.39, 0.29) is 0 Å². The Morgan fingerprint density at radius 1 is 1.50 bits per heavy atom. The first kappa shape index (κ1) is 9.18. The van der Waals surface area contributed by atoms with Gasteiger partial charge in [-0.1, -0.05) is 30.3 Å². The SMILES string of the molecule is C=C/C(C=O)=C\C=C(/C)Cl. The molecule has 0 rings (SSSR count). The summed E-state index contributed by atoms with van der Waals surface area (Å²) < 4.78 is 0. The third-order valence-electron chi connectivity index (χ3n) is 0.877. The van der Waals surface area contributed by atoms with E-state index in [1.54, 1.807) is 19.1 Å². The Balaban J connectivity index is 4.26. The fourth-order valence-corrected chi connectivity index (χ4v) is 0.429. The molecule has 0 N–H and O–H groups in total. The molecule has 10 heavy (non-hydrogen) atoms. The largest absolute Gasteiger partial charge is 0.298 e. The molecule has 2 heteroatoms. The van der Waals surface area contributed by atoms with Crippen LogP contribution in [0.5, 0.6) is 0 Å². The average Bonchev–Trinajstić information content (AvgIpc) is 1.90. The first-order valence-electron chi connectivity index (χ1n) is 2.82. The van der Waals surface area contributed by atoms with Gasteiger partial charge in [-0.15, -0.1) is 0 Å². The number of carbonyl (C=O) groups is 1. The minimum absolute atomic E-state index is 0.528. The van der Waals surface area contributed by atoms with Gasteiger partial charge in [0.2, 0.25) is 0 Å². The molecule has 0 unspecified atom stereocenters. The number of rotatable bonds is 3. The fourth-order valence-electron chi connectivity index (χ4n) is 0.366. The number of aldehydes is 1. The van der Waals surface area contributed by atoms with Crippen molar-refractivity contribution in [2.24, 2.45) is 0 Å². The van der Waals surface area contributed by atoms with Gasteiger partial charge in [-0.05, 0) is 13.0 Å². The maximum Gasteiger partial charge on any atom is 0.150 e. The standard InChI is InChI=1S/C8H9ClO/c1-3-8(6-10)5-4-7(2)9/h3-6H,1H2,2H3/b7-4+,8-5+. The molecule has 0 aliphatic carbocycles. The number of carbonyl (C=O) groups excluding carboxylic acids is 1. The van der Waals surface area contributed by atoms with Gasteiger partial charge in [-0.3, -0.25) is 4.79 Å². The van der Waals surface area contributed by atoms with Crippen LogP contribution in [-0.4, -0.2) is 6.29 Å². The van der Waals surface area contributed by atoms with Crippen molar-refractivity contribution >= 4 is 17.9 Å². The first-order valence-corrected chi connectivity index (χ1v) is 3.20. The van der Waals surface area contributed by atoms with E-state index in [1.165, 1.54) is 6.08 Å². The summed E-state index contributed by atoms with van der Waals surface area (Å²) in [6.07, 6.45) is 5.46. The lowest BCUT2D eigenvalue weighted by Gasteiger charge is -1.83. The van der Waals surface area contributed by atoms with Crippen LogP contribution in [0.2, 0.25) is 0 Å². The summed E-state index contributed by atoms with van der Waals surface area (Å²) in [5.41, 5.74) is 0.528. The van der Waals surface area contributed by atoms with Crippen LogP contribution in [0.25, 0.3) is 0 Å². The predicted molar refractivity (Wildman–Crippen MR) is 44.0 cm³/mol. The molecule has 0 heterocycles. The van der Waals surface area contributed by atoms with Crippen molar-refractivity contribution in [3.05, 3.63) is 35.4 Å². The van der Waals surface area contributed by atoms with Gasteiger partial charge in [0.15, 0.2) is 0 Å². The van der Waals surface area contributed by atoms with Gasteiger partial charge in [-0.25, -0.2) is 0 Å². The minimum Gasteiger partial charge on any atom is -0.298 e. The van der Waals surface area contributed by atoms with Crippen LogP contribution in [-0.2, 0) is 4.79 Å². The van der Waals surface area contributed by atoms with Crippen LogP contribution < -0.4 is 0 Å². The van der Waals surface area contributed by atoms with Crippen LogP contribution in [0.15, 0.2) is 35.4 Å². The molecule has 0 atom stereocenters. The molecule has 0 aromatic heterocycles. The van der Waals surface area contributed by atoms with E-state index in [9.17, 15) is 4.79 Å². The number of halogens is 1.